The number of carbonyl (C=O) groups excluding carboxylic acids is 1. The Balaban J connectivity index is 1.58. The zero-order valence-electron chi connectivity index (χ0n) is 15.5. The SMILES string of the molecule is C[C@@H](NC(=O)Nc1ccc(Br)cc1F)c1c(-n2cccc2)sc2c1CCCC2. The Bertz CT molecular complexity index is 1000. The molecule has 0 bridgehead atoms. The lowest BCUT2D eigenvalue weighted by molar-refractivity contribution is 0.249. The fourth-order valence-electron chi connectivity index (χ4n) is 3.70. The summed E-state index contributed by atoms with van der Waals surface area (Å²) in [7, 11) is 0. The van der Waals surface area contributed by atoms with Gasteiger partial charge < -0.3 is 15.2 Å². The van der Waals surface area contributed by atoms with Gasteiger partial charge in [-0.15, -0.1) is 11.3 Å². The van der Waals surface area contributed by atoms with Gasteiger partial charge in [-0.05, 0) is 68.5 Å². The number of benzene rings is 1. The summed E-state index contributed by atoms with van der Waals surface area (Å²) in [6.45, 7) is 1.99. The van der Waals surface area contributed by atoms with Crippen LogP contribution in [0.4, 0.5) is 14.9 Å². The number of hydrogen-bond acceptors (Lipinski definition) is 2. The van der Waals surface area contributed by atoms with Crippen LogP contribution in [0.5, 0.6) is 0 Å². The van der Waals surface area contributed by atoms with E-state index in [1.165, 1.54) is 34.9 Å². The predicted octanol–water partition coefficient (Wildman–Crippen LogP) is 6.20. The third-order valence-corrected chi connectivity index (χ3v) is 6.81. The lowest BCUT2D eigenvalue weighted by Gasteiger charge is -2.20. The molecule has 28 heavy (non-hydrogen) atoms. The number of halogens is 2. The summed E-state index contributed by atoms with van der Waals surface area (Å²) in [5.74, 6) is -0.474. The van der Waals surface area contributed by atoms with E-state index >= 15 is 0 Å². The molecule has 2 amide bonds. The maximum Gasteiger partial charge on any atom is 0.319 e. The predicted molar refractivity (Wildman–Crippen MR) is 115 cm³/mol. The lowest BCUT2D eigenvalue weighted by atomic mass is 9.93. The Morgan fingerprint density at radius 1 is 1.25 bits per heavy atom. The van der Waals surface area contributed by atoms with Gasteiger partial charge in [0.25, 0.3) is 0 Å². The molecule has 1 aromatic carbocycles. The Hall–Kier alpha value is -2.12. The third kappa shape index (κ3) is 3.86. The van der Waals surface area contributed by atoms with Gasteiger partial charge in [0.05, 0.1) is 11.7 Å². The van der Waals surface area contributed by atoms with Crippen molar-refractivity contribution in [3.05, 3.63) is 69.0 Å². The molecule has 0 unspecified atom stereocenters. The molecule has 3 aromatic rings. The smallest absolute Gasteiger partial charge is 0.319 e. The molecule has 1 aliphatic rings. The number of amides is 2. The van der Waals surface area contributed by atoms with Crippen molar-refractivity contribution in [3.63, 3.8) is 0 Å². The van der Waals surface area contributed by atoms with Crippen molar-refractivity contribution in [1.82, 2.24) is 9.88 Å². The van der Waals surface area contributed by atoms with Gasteiger partial charge in [0.2, 0.25) is 0 Å². The van der Waals surface area contributed by atoms with Crippen molar-refractivity contribution in [2.45, 2.75) is 38.6 Å². The first-order chi connectivity index (χ1) is 13.5. The summed E-state index contributed by atoms with van der Waals surface area (Å²) >= 11 is 5.03. The molecule has 2 N–H and O–H groups in total. The maximum absolute atomic E-state index is 14.0. The number of nitrogens with one attached hydrogen (secondary N) is 2. The third-order valence-electron chi connectivity index (χ3n) is 4.99. The molecule has 1 aliphatic carbocycles. The highest BCUT2D eigenvalue weighted by molar-refractivity contribution is 9.10. The van der Waals surface area contributed by atoms with Crippen LogP contribution in [0, 0.1) is 5.82 Å². The van der Waals surface area contributed by atoms with Crippen LogP contribution < -0.4 is 10.6 Å². The minimum absolute atomic E-state index is 0.158. The fraction of sp³-hybridized carbons (Fsp3) is 0.286. The second-order valence-corrected chi connectivity index (χ2v) is 8.96. The molecular formula is C21H21BrFN3OS. The van der Waals surface area contributed by atoms with Gasteiger partial charge in [-0.3, -0.25) is 0 Å². The van der Waals surface area contributed by atoms with E-state index in [0.717, 1.165) is 17.8 Å². The van der Waals surface area contributed by atoms with E-state index in [1.807, 2.05) is 42.8 Å². The van der Waals surface area contributed by atoms with Crippen LogP contribution in [0.3, 0.4) is 0 Å². The number of fused-ring (bicyclic) bond motifs is 1. The van der Waals surface area contributed by atoms with Crippen molar-refractivity contribution < 1.29 is 9.18 Å². The van der Waals surface area contributed by atoms with Crippen molar-refractivity contribution in [1.29, 1.82) is 0 Å². The van der Waals surface area contributed by atoms with Gasteiger partial charge in [-0.2, -0.15) is 0 Å². The Labute approximate surface area is 175 Å². The monoisotopic (exact) mass is 461 g/mol. The summed E-state index contributed by atoms with van der Waals surface area (Å²) in [4.78, 5) is 13.9. The summed E-state index contributed by atoms with van der Waals surface area (Å²) < 4.78 is 16.8. The topological polar surface area (TPSA) is 46.1 Å². The number of urea groups is 1. The second kappa shape index (κ2) is 8.09. The minimum atomic E-state index is -0.474. The molecule has 2 heterocycles. The average Bonchev–Trinajstić information content (AvgIpc) is 3.31. The van der Waals surface area contributed by atoms with Crippen molar-refractivity contribution in [2.75, 3.05) is 5.32 Å². The average molecular weight is 462 g/mol. The van der Waals surface area contributed by atoms with Crippen molar-refractivity contribution >= 4 is 39.0 Å². The first-order valence-corrected chi connectivity index (χ1v) is 10.9. The van der Waals surface area contributed by atoms with E-state index < -0.39 is 11.8 Å². The first-order valence-electron chi connectivity index (χ1n) is 9.33. The highest BCUT2D eigenvalue weighted by Gasteiger charge is 2.26. The second-order valence-electron chi connectivity index (χ2n) is 6.96. The molecule has 0 radical (unpaired) electrons. The number of thiophene rings is 1. The van der Waals surface area contributed by atoms with E-state index in [1.54, 1.807) is 12.1 Å². The quantitative estimate of drug-likeness (QED) is 0.477. The molecule has 4 rings (SSSR count). The maximum atomic E-state index is 14.0. The molecular weight excluding hydrogens is 441 g/mol. The Morgan fingerprint density at radius 2 is 2.00 bits per heavy atom. The van der Waals surface area contributed by atoms with Crippen molar-refractivity contribution in [3.8, 4) is 5.00 Å². The van der Waals surface area contributed by atoms with Crippen LogP contribution in [0.1, 0.15) is 41.8 Å². The number of aryl methyl sites for hydroxylation is 1. The molecule has 0 saturated carbocycles. The van der Waals surface area contributed by atoms with Crippen LogP contribution in [-0.2, 0) is 12.8 Å². The molecule has 0 saturated heterocycles. The van der Waals surface area contributed by atoms with Crippen molar-refractivity contribution in [2.24, 2.45) is 0 Å². The molecule has 1 atom stereocenters. The molecule has 2 aromatic heterocycles. The highest BCUT2D eigenvalue weighted by atomic mass is 79.9. The largest absolute Gasteiger partial charge is 0.331 e. The highest BCUT2D eigenvalue weighted by Crippen LogP contribution is 2.40. The molecule has 146 valence electrons. The zero-order chi connectivity index (χ0) is 19.7. The van der Waals surface area contributed by atoms with E-state index in [4.69, 9.17) is 0 Å². The van der Waals surface area contributed by atoms with E-state index in [2.05, 4.69) is 31.1 Å². The van der Waals surface area contributed by atoms with E-state index in [0.29, 0.717) is 4.47 Å². The number of carbonyl (C=O) groups is 1. The molecule has 4 nitrogen and oxygen atoms in total. The van der Waals surface area contributed by atoms with Crippen LogP contribution in [-0.4, -0.2) is 10.6 Å². The molecule has 0 fully saturated rings. The van der Waals surface area contributed by atoms with Gasteiger partial charge in [0, 0.05) is 27.3 Å². The Kier molecular flexibility index (Phi) is 5.55. The van der Waals surface area contributed by atoms with E-state index in [9.17, 15) is 9.18 Å². The number of aromatic nitrogens is 1. The number of nitrogens with zero attached hydrogens (tertiary/aromatic N) is 1. The van der Waals surface area contributed by atoms with Crippen LogP contribution in [0.25, 0.3) is 5.00 Å². The van der Waals surface area contributed by atoms with Gasteiger partial charge >= 0.3 is 6.03 Å². The fourth-order valence-corrected chi connectivity index (χ4v) is 5.49. The summed E-state index contributed by atoms with van der Waals surface area (Å²) in [5.41, 5.74) is 2.69. The first kappa shape index (κ1) is 19.2. The van der Waals surface area contributed by atoms with Crippen LogP contribution >= 0.6 is 27.3 Å². The number of anilines is 1. The summed E-state index contributed by atoms with van der Waals surface area (Å²) in [6, 6.07) is 7.98. The normalized spacial score (nSPS) is 14.4. The molecule has 0 aliphatic heterocycles. The summed E-state index contributed by atoms with van der Waals surface area (Å²) in [6.07, 6.45) is 8.58. The van der Waals surface area contributed by atoms with Crippen LogP contribution in [0.2, 0.25) is 0 Å². The zero-order valence-corrected chi connectivity index (χ0v) is 17.9. The number of hydrogen-bond donors (Lipinski definition) is 2. The molecule has 0 spiro atoms. The van der Waals surface area contributed by atoms with E-state index in [-0.39, 0.29) is 11.7 Å². The van der Waals surface area contributed by atoms with Gasteiger partial charge in [-0.1, -0.05) is 15.9 Å². The lowest BCUT2D eigenvalue weighted by Crippen LogP contribution is -2.32. The summed E-state index contributed by atoms with van der Waals surface area (Å²) in [5, 5.41) is 6.76. The standard InChI is InChI=1S/C21H21BrFN3OS/c1-13(24-21(27)25-17-9-8-14(22)12-16(17)23)19-15-6-2-3-7-18(15)28-20(19)26-10-4-5-11-26/h4-5,8-13H,2-3,6-7H2,1H3,(H2,24,25,27)/t13-/m1/s1. The minimum Gasteiger partial charge on any atom is -0.331 e. The number of rotatable bonds is 4. The van der Waals surface area contributed by atoms with Gasteiger partial charge in [0.1, 0.15) is 10.8 Å². The van der Waals surface area contributed by atoms with Gasteiger partial charge in [-0.25, -0.2) is 9.18 Å². The van der Waals surface area contributed by atoms with Crippen LogP contribution in [0.15, 0.2) is 47.2 Å². The molecule has 7 heteroatoms. The Morgan fingerprint density at radius 3 is 2.75 bits per heavy atom. The van der Waals surface area contributed by atoms with Gasteiger partial charge in [0.15, 0.2) is 0 Å².